The lowest BCUT2D eigenvalue weighted by Crippen LogP contribution is -2.63. The zero-order valence-corrected chi connectivity index (χ0v) is 46.5. The van der Waals surface area contributed by atoms with Gasteiger partial charge in [0.15, 0.2) is 0 Å². The van der Waals surface area contributed by atoms with Crippen molar-refractivity contribution < 1.29 is 4.74 Å². The van der Waals surface area contributed by atoms with E-state index in [1.165, 1.54) is 44.1 Å². The van der Waals surface area contributed by atoms with Crippen LogP contribution >= 0.6 is 0 Å². The molecule has 5 nitrogen and oxygen atoms in total. The molecule has 0 amide bonds. The molecular formula is C78H54B2N4O. The average molecular weight is 1080 g/mol. The summed E-state index contributed by atoms with van der Waals surface area (Å²) in [6.45, 7) is -0.448. The highest BCUT2D eigenvalue weighted by Crippen LogP contribution is 2.49. The van der Waals surface area contributed by atoms with E-state index in [0.717, 1.165) is 90.7 Å². The molecule has 0 aromatic heterocycles. The van der Waals surface area contributed by atoms with Crippen LogP contribution in [0, 0.1) is 0 Å². The van der Waals surface area contributed by atoms with Gasteiger partial charge in [-0.15, -0.1) is 0 Å². The Hall–Kier alpha value is -11.0. The molecule has 85 heavy (non-hydrogen) atoms. The molecule has 0 saturated heterocycles. The third-order valence-electron chi connectivity index (χ3n) is 17.1. The number of para-hydroxylation sites is 7. The summed E-state index contributed by atoms with van der Waals surface area (Å²) in [5.74, 6) is 1.69. The normalized spacial score (nSPS) is 12.5. The minimum Gasteiger partial charge on any atom is -0.458 e. The molecule has 0 N–H and O–H groups in total. The minimum atomic E-state index is -0.258. The van der Waals surface area contributed by atoms with Gasteiger partial charge < -0.3 is 24.3 Å². The quantitative estimate of drug-likeness (QED) is 0.120. The highest BCUT2D eigenvalue weighted by atomic mass is 16.5. The maximum atomic E-state index is 7.27. The number of hydrogen-bond acceptors (Lipinski definition) is 5. The summed E-state index contributed by atoms with van der Waals surface area (Å²) in [5, 5.41) is 0. The lowest BCUT2D eigenvalue weighted by molar-refractivity contribution is 0.487. The molecule has 13 aromatic carbocycles. The van der Waals surface area contributed by atoms with Gasteiger partial charge in [-0.25, -0.2) is 0 Å². The number of benzene rings is 13. The van der Waals surface area contributed by atoms with Crippen LogP contribution < -0.4 is 57.1 Å². The van der Waals surface area contributed by atoms with Gasteiger partial charge in [-0.2, -0.15) is 0 Å². The summed E-state index contributed by atoms with van der Waals surface area (Å²) in [7, 11) is 0. The third kappa shape index (κ3) is 8.59. The van der Waals surface area contributed by atoms with E-state index in [4.69, 9.17) is 4.74 Å². The molecule has 3 aliphatic rings. The Bertz CT molecular complexity index is 4440. The smallest absolute Gasteiger partial charge is 0.256 e. The number of anilines is 12. The summed E-state index contributed by atoms with van der Waals surface area (Å²) in [4.78, 5) is 9.77. The average Bonchev–Trinajstić information content (AvgIpc) is 1.41. The molecule has 0 aliphatic carbocycles. The zero-order valence-electron chi connectivity index (χ0n) is 46.5. The summed E-state index contributed by atoms with van der Waals surface area (Å²) in [6.07, 6.45) is 0. The van der Waals surface area contributed by atoms with Gasteiger partial charge in [0.1, 0.15) is 11.5 Å². The molecule has 7 heteroatoms. The summed E-state index contributed by atoms with van der Waals surface area (Å²) in [6, 6.07) is 119. The number of fused-ring (bicyclic) bond motifs is 6. The van der Waals surface area contributed by atoms with E-state index >= 15 is 0 Å². The molecule has 3 aliphatic heterocycles. The van der Waals surface area contributed by atoms with Crippen LogP contribution in [-0.2, 0) is 0 Å². The van der Waals surface area contributed by atoms with Crippen molar-refractivity contribution in [3.05, 3.63) is 328 Å². The Kier molecular flexibility index (Phi) is 12.3. The van der Waals surface area contributed by atoms with E-state index in [0.29, 0.717) is 0 Å². The fraction of sp³-hybridized carbons (Fsp3) is 0. The first-order valence-electron chi connectivity index (χ1n) is 29.2. The predicted molar refractivity (Wildman–Crippen MR) is 358 cm³/mol. The van der Waals surface area contributed by atoms with Crippen molar-refractivity contribution >= 4 is 114 Å². The third-order valence-corrected chi connectivity index (χ3v) is 17.1. The molecular weight excluding hydrogens is 1030 g/mol. The van der Waals surface area contributed by atoms with E-state index in [2.05, 4.69) is 347 Å². The Morgan fingerprint density at radius 2 is 0.647 bits per heavy atom. The number of ether oxygens (including phenoxy) is 1. The molecule has 398 valence electrons. The van der Waals surface area contributed by atoms with Gasteiger partial charge in [0, 0.05) is 68.6 Å². The van der Waals surface area contributed by atoms with Gasteiger partial charge >= 0.3 is 0 Å². The van der Waals surface area contributed by atoms with Crippen LogP contribution in [0.2, 0.25) is 0 Å². The molecule has 13 aromatic rings. The monoisotopic (exact) mass is 1080 g/mol. The molecule has 16 rings (SSSR count). The van der Waals surface area contributed by atoms with Crippen molar-refractivity contribution in [2.75, 3.05) is 19.6 Å². The predicted octanol–water partition coefficient (Wildman–Crippen LogP) is 16.7. The van der Waals surface area contributed by atoms with E-state index in [1.807, 2.05) is 0 Å². The fourth-order valence-electron chi connectivity index (χ4n) is 13.5. The van der Waals surface area contributed by atoms with Gasteiger partial charge in [0.25, 0.3) is 6.71 Å². The van der Waals surface area contributed by atoms with Gasteiger partial charge in [-0.05, 0) is 153 Å². The van der Waals surface area contributed by atoms with Crippen LogP contribution in [0.3, 0.4) is 0 Å². The molecule has 0 spiro atoms. The van der Waals surface area contributed by atoms with E-state index in [-0.39, 0.29) is 13.4 Å². The number of hydrogen-bond donors (Lipinski definition) is 0. The molecule has 0 bridgehead atoms. The Balaban J connectivity index is 1.03. The topological polar surface area (TPSA) is 22.2 Å². The van der Waals surface area contributed by atoms with Crippen LogP contribution in [0.1, 0.15) is 0 Å². The van der Waals surface area contributed by atoms with Crippen molar-refractivity contribution in [1.82, 2.24) is 0 Å². The van der Waals surface area contributed by atoms with Crippen LogP contribution in [0.4, 0.5) is 68.2 Å². The summed E-state index contributed by atoms with van der Waals surface area (Å²) in [5.41, 5.74) is 24.6. The lowest BCUT2D eigenvalue weighted by atomic mass is 9.30. The van der Waals surface area contributed by atoms with E-state index in [1.54, 1.807) is 0 Å². The second kappa shape index (κ2) is 21.1. The number of rotatable bonds is 11. The molecule has 0 fully saturated rings. The highest BCUT2D eigenvalue weighted by Gasteiger charge is 2.46. The van der Waals surface area contributed by atoms with Gasteiger partial charge in [-0.1, -0.05) is 224 Å². The van der Waals surface area contributed by atoms with Crippen molar-refractivity contribution in [3.8, 4) is 33.8 Å². The Labute approximate surface area is 497 Å². The summed E-state index contributed by atoms with van der Waals surface area (Å²) < 4.78 is 7.27. The maximum absolute atomic E-state index is 7.27. The van der Waals surface area contributed by atoms with E-state index < -0.39 is 0 Å². The van der Waals surface area contributed by atoms with Crippen molar-refractivity contribution in [2.45, 2.75) is 0 Å². The first-order valence-corrected chi connectivity index (χ1v) is 29.2. The zero-order chi connectivity index (χ0) is 56.2. The van der Waals surface area contributed by atoms with Crippen LogP contribution in [0.25, 0.3) is 22.3 Å². The minimum absolute atomic E-state index is 0.191. The van der Waals surface area contributed by atoms with Gasteiger partial charge in [0.2, 0.25) is 6.71 Å². The fourth-order valence-corrected chi connectivity index (χ4v) is 13.5. The molecule has 0 atom stereocenters. The largest absolute Gasteiger partial charge is 0.458 e. The molecule has 3 heterocycles. The standard InChI is InChI=1S/C78H54B2N4O/c1-9-28-55(29-10-1)65-44-27-45-66(56-30-11-2-12-31-56)77(65)79-67-49-48-63(81(57-32-13-3-14-33-57)58-34-15-4-16-35-58)50-71(67)83(61-40-21-7-22-41-61)72-54-73-70(53-69(72)79)80-68-46-25-26-47-75(68)85-76-52-64(51-74(78(76)80)84(73)62-42-23-8-24-43-62)82(59-36-17-5-18-37-59)60-38-19-6-20-39-60/h1-54H. The second-order valence-corrected chi connectivity index (χ2v) is 21.9. The SMILES string of the molecule is c1ccc(-c2cccc(-c3ccccc3)c2B2c3ccc(N(c4ccccc4)c4ccccc4)cc3N(c3ccccc3)c3cc4c(cc32)B2c3ccccc3Oc3cc(N(c5ccccc5)c5ccccc5)cc(c32)N4c2ccccc2)cc1. The Morgan fingerprint density at radius 1 is 0.247 bits per heavy atom. The second-order valence-electron chi connectivity index (χ2n) is 21.9. The van der Waals surface area contributed by atoms with Crippen LogP contribution in [-0.4, -0.2) is 13.4 Å². The molecule has 0 unspecified atom stereocenters. The number of nitrogens with zero attached hydrogens (tertiary/aromatic N) is 4. The Morgan fingerprint density at radius 3 is 1.15 bits per heavy atom. The maximum Gasteiger partial charge on any atom is 0.256 e. The summed E-state index contributed by atoms with van der Waals surface area (Å²) >= 11 is 0. The highest BCUT2D eigenvalue weighted by molar-refractivity contribution is 7.02. The van der Waals surface area contributed by atoms with Gasteiger partial charge in [-0.3, -0.25) is 0 Å². The first kappa shape index (κ1) is 49.8. The van der Waals surface area contributed by atoms with Crippen LogP contribution in [0.5, 0.6) is 11.5 Å². The van der Waals surface area contributed by atoms with Crippen molar-refractivity contribution in [1.29, 1.82) is 0 Å². The molecule has 0 radical (unpaired) electrons. The lowest BCUT2D eigenvalue weighted by Gasteiger charge is -2.44. The molecule has 0 saturated carbocycles. The van der Waals surface area contributed by atoms with E-state index in [9.17, 15) is 0 Å². The van der Waals surface area contributed by atoms with Crippen molar-refractivity contribution in [3.63, 3.8) is 0 Å². The van der Waals surface area contributed by atoms with Crippen LogP contribution in [0.15, 0.2) is 328 Å². The van der Waals surface area contributed by atoms with Crippen molar-refractivity contribution in [2.24, 2.45) is 0 Å². The first-order chi connectivity index (χ1) is 42.2. The van der Waals surface area contributed by atoms with Gasteiger partial charge in [0.05, 0.1) is 5.69 Å².